The lowest BCUT2D eigenvalue weighted by atomic mass is 9.72. The molecule has 0 aromatic heterocycles. The highest BCUT2D eigenvalue weighted by molar-refractivity contribution is 5.82. The van der Waals surface area contributed by atoms with Crippen LogP contribution in [0, 0.1) is 5.92 Å². The molecule has 1 unspecified atom stereocenters. The number of ether oxygens (including phenoxy) is 1. The Bertz CT molecular complexity index is 268. The molecular formula is C12H22N2O2. The Labute approximate surface area is 97.3 Å². The number of carbonyl (C=O) groups is 1. The normalized spacial score (nSPS) is 37.8. The Kier molecular flexibility index (Phi) is 3.22. The van der Waals surface area contributed by atoms with Gasteiger partial charge >= 0.3 is 5.97 Å². The predicted molar refractivity (Wildman–Crippen MR) is 62.2 cm³/mol. The fourth-order valence-electron chi connectivity index (χ4n) is 3.22. The van der Waals surface area contributed by atoms with E-state index < -0.39 is 5.54 Å². The first kappa shape index (κ1) is 11.9. The van der Waals surface area contributed by atoms with Gasteiger partial charge < -0.3 is 9.64 Å². The Balaban J connectivity index is 2.23. The largest absolute Gasteiger partial charge is 0.468 e. The Morgan fingerprint density at radius 2 is 2.06 bits per heavy atom. The quantitative estimate of drug-likeness (QED) is 0.716. The molecule has 0 saturated carbocycles. The van der Waals surface area contributed by atoms with Gasteiger partial charge in [-0.15, -0.1) is 0 Å². The summed E-state index contributed by atoms with van der Waals surface area (Å²) in [5, 5.41) is 3.46. The van der Waals surface area contributed by atoms with E-state index in [2.05, 4.69) is 24.1 Å². The highest BCUT2D eigenvalue weighted by atomic mass is 16.5. The standard InChI is InChI=1S/C12H22N2O2/c1-9(2)13-12(11(15)16-3)8-14-6-4-10(12)5-7-14/h9-10,13H,4-8H2,1-3H3. The summed E-state index contributed by atoms with van der Waals surface area (Å²) in [5.74, 6) is 0.350. The molecule has 3 aliphatic rings. The maximum Gasteiger partial charge on any atom is 0.327 e. The van der Waals surface area contributed by atoms with Crippen molar-refractivity contribution in [3.8, 4) is 0 Å². The Morgan fingerprint density at radius 3 is 2.44 bits per heavy atom. The number of methoxy groups -OCH3 is 1. The second-order valence-corrected chi connectivity index (χ2v) is 5.31. The molecular weight excluding hydrogens is 204 g/mol. The van der Waals surface area contributed by atoms with Crippen LogP contribution in [-0.4, -0.2) is 49.2 Å². The van der Waals surface area contributed by atoms with Crippen molar-refractivity contribution < 1.29 is 9.53 Å². The van der Waals surface area contributed by atoms with Gasteiger partial charge in [0.25, 0.3) is 0 Å². The molecule has 92 valence electrons. The highest BCUT2D eigenvalue weighted by Crippen LogP contribution is 2.36. The van der Waals surface area contributed by atoms with E-state index in [1.165, 1.54) is 7.11 Å². The molecule has 0 aromatic rings. The topological polar surface area (TPSA) is 41.6 Å². The van der Waals surface area contributed by atoms with Crippen molar-refractivity contribution in [3.63, 3.8) is 0 Å². The monoisotopic (exact) mass is 226 g/mol. The van der Waals surface area contributed by atoms with E-state index in [-0.39, 0.29) is 5.97 Å². The molecule has 3 saturated heterocycles. The SMILES string of the molecule is COC(=O)C1(NC(C)C)CN2CCC1CC2. The molecule has 4 nitrogen and oxygen atoms in total. The van der Waals surface area contributed by atoms with Crippen molar-refractivity contribution in [2.24, 2.45) is 5.92 Å². The maximum atomic E-state index is 12.1. The summed E-state index contributed by atoms with van der Waals surface area (Å²) >= 11 is 0. The van der Waals surface area contributed by atoms with Crippen LogP contribution in [0.1, 0.15) is 26.7 Å². The summed E-state index contributed by atoms with van der Waals surface area (Å²) in [6.07, 6.45) is 2.21. The molecule has 3 heterocycles. The lowest BCUT2D eigenvalue weighted by Gasteiger charge is -2.52. The van der Waals surface area contributed by atoms with E-state index in [4.69, 9.17) is 4.74 Å². The minimum absolute atomic E-state index is 0.0874. The van der Waals surface area contributed by atoms with Crippen LogP contribution in [0.2, 0.25) is 0 Å². The molecule has 1 N–H and O–H groups in total. The number of hydrogen-bond donors (Lipinski definition) is 1. The van der Waals surface area contributed by atoms with Gasteiger partial charge in [-0.25, -0.2) is 4.79 Å². The van der Waals surface area contributed by atoms with Crippen LogP contribution in [-0.2, 0) is 9.53 Å². The van der Waals surface area contributed by atoms with Crippen molar-refractivity contribution >= 4 is 5.97 Å². The molecule has 4 heteroatoms. The van der Waals surface area contributed by atoms with Gasteiger partial charge in [-0.3, -0.25) is 5.32 Å². The predicted octanol–water partition coefficient (Wildman–Crippen LogP) is 0.622. The Morgan fingerprint density at radius 1 is 1.44 bits per heavy atom. The lowest BCUT2D eigenvalue weighted by Crippen LogP contribution is -2.71. The van der Waals surface area contributed by atoms with Crippen LogP contribution in [0.15, 0.2) is 0 Å². The molecule has 2 bridgehead atoms. The highest BCUT2D eigenvalue weighted by Gasteiger charge is 2.52. The van der Waals surface area contributed by atoms with Crippen LogP contribution in [0.4, 0.5) is 0 Å². The van der Waals surface area contributed by atoms with Gasteiger partial charge in [-0.1, -0.05) is 0 Å². The lowest BCUT2D eigenvalue weighted by molar-refractivity contribution is -0.158. The van der Waals surface area contributed by atoms with Gasteiger partial charge in [0.05, 0.1) is 7.11 Å². The van der Waals surface area contributed by atoms with Crippen LogP contribution in [0.5, 0.6) is 0 Å². The van der Waals surface area contributed by atoms with E-state index in [0.29, 0.717) is 12.0 Å². The van der Waals surface area contributed by atoms with Crippen molar-refractivity contribution in [2.75, 3.05) is 26.7 Å². The van der Waals surface area contributed by atoms with Crippen LogP contribution < -0.4 is 5.32 Å². The first-order valence-electron chi connectivity index (χ1n) is 6.17. The van der Waals surface area contributed by atoms with Gasteiger partial charge in [0.2, 0.25) is 0 Å². The van der Waals surface area contributed by atoms with Crippen LogP contribution in [0.25, 0.3) is 0 Å². The summed E-state index contributed by atoms with van der Waals surface area (Å²) in [4.78, 5) is 14.5. The number of nitrogens with zero attached hydrogens (tertiary/aromatic N) is 1. The zero-order chi connectivity index (χ0) is 11.8. The zero-order valence-electron chi connectivity index (χ0n) is 10.5. The number of rotatable bonds is 3. The molecule has 1 atom stereocenters. The van der Waals surface area contributed by atoms with Crippen molar-refractivity contribution in [1.82, 2.24) is 10.2 Å². The van der Waals surface area contributed by atoms with Gasteiger partial charge in [-0.2, -0.15) is 0 Å². The fourth-order valence-corrected chi connectivity index (χ4v) is 3.22. The molecule has 0 spiro atoms. The first-order chi connectivity index (χ1) is 7.58. The van der Waals surface area contributed by atoms with Crippen molar-refractivity contribution in [1.29, 1.82) is 0 Å². The number of hydrogen-bond acceptors (Lipinski definition) is 4. The number of nitrogens with one attached hydrogen (secondary N) is 1. The summed E-state index contributed by atoms with van der Waals surface area (Å²) in [6, 6.07) is 0.305. The second-order valence-electron chi connectivity index (χ2n) is 5.31. The average molecular weight is 226 g/mol. The van der Waals surface area contributed by atoms with E-state index in [1.54, 1.807) is 0 Å². The van der Waals surface area contributed by atoms with E-state index in [0.717, 1.165) is 32.5 Å². The molecule has 0 aliphatic carbocycles. The molecule has 16 heavy (non-hydrogen) atoms. The number of esters is 1. The third-order valence-corrected chi connectivity index (χ3v) is 3.85. The molecule has 3 fully saturated rings. The van der Waals surface area contributed by atoms with Crippen LogP contribution in [0.3, 0.4) is 0 Å². The average Bonchev–Trinajstić information content (AvgIpc) is 2.28. The van der Waals surface area contributed by atoms with E-state index in [1.807, 2.05) is 0 Å². The van der Waals surface area contributed by atoms with E-state index >= 15 is 0 Å². The summed E-state index contributed by atoms with van der Waals surface area (Å²) in [7, 11) is 1.49. The minimum Gasteiger partial charge on any atom is -0.468 e. The van der Waals surface area contributed by atoms with Crippen molar-refractivity contribution in [2.45, 2.75) is 38.3 Å². The smallest absolute Gasteiger partial charge is 0.327 e. The zero-order valence-corrected chi connectivity index (χ0v) is 10.5. The third kappa shape index (κ3) is 1.84. The molecule has 0 aromatic carbocycles. The number of piperidine rings is 3. The first-order valence-corrected chi connectivity index (χ1v) is 6.17. The summed E-state index contributed by atoms with van der Waals surface area (Å²) < 4.78 is 5.02. The third-order valence-electron chi connectivity index (χ3n) is 3.85. The molecule has 0 radical (unpaired) electrons. The summed E-state index contributed by atoms with van der Waals surface area (Å²) in [6.45, 7) is 7.24. The second kappa shape index (κ2) is 4.34. The van der Waals surface area contributed by atoms with E-state index in [9.17, 15) is 4.79 Å². The minimum atomic E-state index is -0.459. The molecule has 3 aliphatic heterocycles. The maximum absolute atomic E-state index is 12.1. The Hall–Kier alpha value is -0.610. The van der Waals surface area contributed by atoms with Gasteiger partial charge in [0.1, 0.15) is 5.54 Å². The number of fused-ring (bicyclic) bond motifs is 3. The molecule has 3 rings (SSSR count). The van der Waals surface area contributed by atoms with Crippen molar-refractivity contribution in [3.05, 3.63) is 0 Å². The van der Waals surface area contributed by atoms with Gasteiger partial charge in [0, 0.05) is 12.6 Å². The van der Waals surface area contributed by atoms with Crippen LogP contribution >= 0.6 is 0 Å². The fraction of sp³-hybridized carbons (Fsp3) is 0.917. The summed E-state index contributed by atoms with van der Waals surface area (Å²) in [5.41, 5.74) is -0.459. The van der Waals surface area contributed by atoms with Gasteiger partial charge in [0.15, 0.2) is 0 Å². The van der Waals surface area contributed by atoms with Gasteiger partial charge in [-0.05, 0) is 45.7 Å². The molecule has 0 amide bonds. The number of carbonyl (C=O) groups excluding carboxylic acids is 1.